The quantitative estimate of drug-likeness (QED) is 0.659. The molecule has 0 amide bonds. The Kier molecular flexibility index (Phi) is 4.39. The molecule has 1 saturated carbocycles. The van der Waals surface area contributed by atoms with E-state index in [9.17, 15) is 4.79 Å². The second kappa shape index (κ2) is 5.35. The largest absolute Gasteiger partial charge is 0.481 e. The van der Waals surface area contributed by atoms with E-state index in [1.54, 1.807) is 0 Å². The first kappa shape index (κ1) is 11.5. The molecule has 0 spiro atoms. The topological polar surface area (TPSA) is 49.3 Å². The molecule has 2 N–H and O–H groups in total. The molecule has 0 saturated heterocycles. The lowest BCUT2D eigenvalue weighted by molar-refractivity contribution is -0.137. The van der Waals surface area contributed by atoms with Crippen molar-refractivity contribution in [3.05, 3.63) is 0 Å². The van der Waals surface area contributed by atoms with Gasteiger partial charge in [0.2, 0.25) is 0 Å². The van der Waals surface area contributed by atoms with Crippen LogP contribution in [0.4, 0.5) is 0 Å². The number of aliphatic carboxylic acids is 1. The normalized spacial score (nSPS) is 20.4. The van der Waals surface area contributed by atoms with Crippen LogP contribution < -0.4 is 5.32 Å². The molecule has 0 bridgehead atoms. The predicted molar refractivity (Wildman–Crippen MR) is 56.3 cm³/mol. The summed E-state index contributed by atoms with van der Waals surface area (Å²) in [4.78, 5) is 10.5. The highest BCUT2D eigenvalue weighted by Crippen LogP contribution is 2.34. The van der Waals surface area contributed by atoms with Gasteiger partial charge in [0.05, 0.1) is 6.42 Å². The summed E-state index contributed by atoms with van der Waals surface area (Å²) < 4.78 is 0. The Labute approximate surface area is 85.9 Å². The van der Waals surface area contributed by atoms with E-state index in [4.69, 9.17) is 5.11 Å². The second-order valence-corrected chi connectivity index (χ2v) is 4.45. The maximum absolute atomic E-state index is 10.5. The molecule has 0 aromatic heterocycles. The number of hydrogen-bond donors (Lipinski definition) is 2. The molecule has 2 atom stereocenters. The zero-order chi connectivity index (χ0) is 10.6. The van der Waals surface area contributed by atoms with Crippen LogP contribution in [0.1, 0.15) is 46.0 Å². The van der Waals surface area contributed by atoms with Crippen molar-refractivity contribution in [3.63, 3.8) is 0 Å². The van der Waals surface area contributed by atoms with Gasteiger partial charge in [-0.15, -0.1) is 0 Å². The Hall–Kier alpha value is -0.570. The highest BCUT2D eigenvalue weighted by molar-refractivity contribution is 5.67. The van der Waals surface area contributed by atoms with E-state index in [1.165, 1.54) is 19.3 Å². The number of hydrogen-bond acceptors (Lipinski definition) is 2. The summed E-state index contributed by atoms with van der Waals surface area (Å²) in [7, 11) is 0. The van der Waals surface area contributed by atoms with Gasteiger partial charge in [0.25, 0.3) is 0 Å². The lowest BCUT2D eigenvalue weighted by Crippen LogP contribution is -2.37. The van der Waals surface area contributed by atoms with Crippen LogP contribution in [0.3, 0.4) is 0 Å². The van der Waals surface area contributed by atoms with Crippen molar-refractivity contribution in [2.75, 3.05) is 0 Å². The van der Waals surface area contributed by atoms with Crippen LogP contribution in [0.5, 0.6) is 0 Å². The fourth-order valence-corrected chi connectivity index (χ4v) is 1.83. The zero-order valence-corrected chi connectivity index (χ0v) is 9.12. The molecule has 1 aliphatic rings. The van der Waals surface area contributed by atoms with E-state index in [0.717, 1.165) is 12.3 Å². The molecule has 3 nitrogen and oxygen atoms in total. The van der Waals surface area contributed by atoms with Gasteiger partial charge in [0, 0.05) is 12.1 Å². The predicted octanol–water partition coefficient (Wildman–Crippen LogP) is 2.02. The fraction of sp³-hybridized carbons (Fsp3) is 0.909. The average molecular weight is 199 g/mol. The van der Waals surface area contributed by atoms with Crippen LogP contribution in [-0.4, -0.2) is 23.2 Å². The molecule has 0 aliphatic heterocycles. The van der Waals surface area contributed by atoms with Crippen LogP contribution in [-0.2, 0) is 4.79 Å². The summed E-state index contributed by atoms with van der Waals surface area (Å²) in [5, 5.41) is 12.0. The average Bonchev–Trinajstić information content (AvgIpc) is 2.85. The summed E-state index contributed by atoms with van der Waals surface area (Å²) in [5.41, 5.74) is 0. The maximum atomic E-state index is 10.5. The van der Waals surface area contributed by atoms with Crippen molar-refractivity contribution in [1.29, 1.82) is 0 Å². The standard InChI is InChI=1S/C11H21NO2/c1-3-10(7-9-4-5-9)12-8(2)6-11(13)14/h8-10,12H,3-7H2,1-2H3,(H,13,14). The first-order valence-electron chi connectivity index (χ1n) is 5.59. The van der Waals surface area contributed by atoms with Gasteiger partial charge in [-0.2, -0.15) is 0 Å². The van der Waals surface area contributed by atoms with Gasteiger partial charge >= 0.3 is 5.97 Å². The molecule has 0 aromatic carbocycles. The summed E-state index contributed by atoms with van der Waals surface area (Å²) in [6, 6.07) is 0.605. The third-order valence-corrected chi connectivity index (χ3v) is 2.81. The molecule has 1 aliphatic carbocycles. The molecule has 1 fully saturated rings. The molecule has 14 heavy (non-hydrogen) atoms. The zero-order valence-electron chi connectivity index (χ0n) is 9.12. The molecule has 0 aromatic rings. The van der Waals surface area contributed by atoms with Crippen LogP contribution in [0.15, 0.2) is 0 Å². The van der Waals surface area contributed by atoms with Crippen molar-refractivity contribution < 1.29 is 9.90 Å². The SMILES string of the molecule is CCC(CC1CC1)NC(C)CC(=O)O. The van der Waals surface area contributed by atoms with Gasteiger partial charge in [-0.05, 0) is 25.7 Å². The Morgan fingerprint density at radius 1 is 1.57 bits per heavy atom. The van der Waals surface area contributed by atoms with Gasteiger partial charge < -0.3 is 10.4 Å². The highest BCUT2D eigenvalue weighted by Gasteiger charge is 2.25. The number of carboxylic acids is 1. The van der Waals surface area contributed by atoms with Gasteiger partial charge in [-0.25, -0.2) is 0 Å². The number of nitrogens with one attached hydrogen (secondary N) is 1. The van der Waals surface area contributed by atoms with E-state index in [2.05, 4.69) is 12.2 Å². The van der Waals surface area contributed by atoms with E-state index in [1.807, 2.05) is 6.92 Å². The van der Waals surface area contributed by atoms with Crippen LogP contribution in [0.25, 0.3) is 0 Å². The minimum Gasteiger partial charge on any atom is -0.481 e. The van der Waals surface area contributed by atoms with Crippen molar-refractivity contribution >= 4 is 5.97 Å². The maximum Gasteiger partial charge on any atom is 0.304 e. The Morgan fingerprint density at radius 2 is 2.21 bits per heavy atom. The van der Waals surface area contributed by atoms with Gasteiger partial charge in [-0.1, -0.05) is 19.8 Å². The second-order valence-electron chi connectivity index (χ2n) is 4.45. The van der Waals surface area contributed by atoms with Gasteiger partial charge in [0.1, 0.15) is 0 Å². The highest BCUT2D eigenvalue weighted by atomic mass is 16.4. The lowest BCUT2D eigenvalue weighted by Gasteiger charge is -2.21. The third-order valence-electron chi connectivity index (χ3n) is 2.81. The minimum absolute atomic E-state index is 0.0937. The van der Waals surface area contributed by atoms with E-state index >= 15 is 0 Å². The summed E-state index contributed by atoms with van der Waals surface area (Å²) in [5.74, 6) is 0.191. The van der Waals surface area contributed by atoms with Crippen LogP contribution >= 0.6 is 0 Å². The minimum atomic E-state index is -0.716. The van der Waals surface area contributed by atoms with E-state index in [-0.39, 0.29) is 12.5 Å². The van der Waals surface area contributed by atoms with Crippen molar-refractivity contribution in [1.82, 2.24) is 5.32 Å². The van der Waals surface area contributed by atoms with Crippen molar-refractivity contribution in [2.45, 2.75) is 58.0 Å². The van der Waals surface area contributed by atoms with Crippen molar-refractivity contribution in [3.8, 4) is 0 Å². The molecule has 82 valence electrons. The van der Waals surface area contributed by atoms with E-state index < -0.39 is 5.97 Å². The Balaban J connectivity index is 2.19. The number of rotatable bonds is 7. The van der Waals surface area contributed by atoms with Gasteiger partial charge in [0.15, 0.2) is 0 Å². The summed E-state index contributed by atoms with van der Waals surface area (Å²) >= 11 is 0. The molecule has 1 rings (SSSR count). The monoisotopic (exact) mass is 199 g/mol. The fourth-order valence-electron chi connectivity index (χ4n) is 1.83. The number of carboxylic acid groups (broad SMARTS) is 1. The molecular formula is C11H21NO2. The molecule has 3 heteroatoms. The Bertz CT molecular complexity index is 190. The van der Waals surface area contributed by atoms with Gasteiger partial charge in [-0.3, -0.25) is 4.79 Å². The van der Waals surface area contributed by atoms with E-state index in [0.29, 0.717) is 6.04 Å². The van der Waals surface area contributed by atoms with Crippen molar-refractivity contribution in [2.24, 2.45) is 5.92 Å². The van der Waals surface area contributed by atoms with Crippen LogP contribution in [0.2, 0.25) is 0 Å². The first-order valence-corrected chi connectivity index (χ1v) is 5.59. The Morgan fingerprint density at radius 3 is 2.64 bits per heavy atom. The molecule has 0 heterocycles. The summed E-state index contributed by atoms with van der Waals surface area (Å²) in [6.45, 7) is 4.11. The molecule has 0 radical (unpaired) electrons. The molecule has 2 unspecified atom stereocenters. The smallest absolute Gasteiger partial charge is 0.304 e. The third kappa shape index (κ3) is 4.61. The van der Waals surface area contributed by atoms with Crippen LogP contribution in [0, 0.1) is 5.92 Å². The summed E-state index contributed by atoms with van der Waals surface area (Å²) in [6.07, 6.45) is 5.28. The first-order chi connectivity index (χ1) is 6.61. The number of carbonyl (C=O) groups is 1. The molecular weight excluding hydrogens is 178 g/mol. The lowest BCUT2D eigenvalue weighted by atomic mass is 10.1.